The first-order valence-corrected chi connectivity index (χ1v) is 5.63. The van der Waals surface area contributed by atoms with E-state index in [2.05, 4.69) is 4.98 Å². The van der Waals surface area contributed by atoms with Crippen LogP contribution in [0.4, 0.5) is 0 Å². The SMILES string of the molecule is O=Cc1nccn1C1CCN(CC(=O)O)CC1. The smallest absolute Gasteiger partial charge is 0.317 e. The maximum atomic E-state index is 10.8. The van der Waals surface area contributed by atoms with Crippen LogP contribution in [0.15, 0.2) is 12.4 Å². The number of carboxylic acids is 1. The van der Waals surface area contributed by atoms with Gasteiger partial charge in [-0.2, -0.15) is 0 Å². The van der Waals surface area contributed by atoms with Gasteiger partial charge in [-0.05, 0) is 12.8 Å². The molecule has 6 heteroatoms. The van der Waals surface area contributed by atoms with Gasteiger partial charge in [0.25, 0.3) is 0 Å². The monoisotopic (exact) mass is 237 g/mol. The number of hydrogen-bond donors (Lipinski definition) is 1. The second-order valence-corrected chi connectivity index (χ2v) is 4.21. The molecule has 17 heavy (non-hydrogen) atoms. The molecular weight excluding hydrogens is 222 g/mol. The molecule has 2 heterocycles. The van der Waals surface area contributed by atoms with Crippen molar-refractivity contribution in [2.45, 2.75) is 18.9 Å². The number of aldehydes is 1. The van der Waals surface area contributed by atoms with Crippen LogP contribution >= 0.6 is 0 Å². The van der Waals surface area contributed by atoms with Crippen LogP contribution in [0.5, 0.6) is 0 Å². The van der Waals surface area contributed by atoms with Gasteiger partial charge in [0.1, 0.15) is 0 Å². The van der Waals surface area contributed by atoms with Gasteiger partial charge in [0.05, 0.1) is 6.54 Å². The quantitative estimate of drug-likeness (QED) is 0.768. The van der Waals surface area contributed by atoms with E-state index in [9.17, 15) is 9.59 Å². The molecule has 0 saturated carbocycles. The maximum absolute atomic E-state index is 10.8. The van der Waals surface area contributed by atoms with Crippen molar-refractivity contribution in [2.24, 2.45) is 0 Å². The molecular formula is C11H15N3O3. The number of carboxylic acid groups (broad SMARTS) is 1. The Morgan fingerprint density at radius 1 is 1.53 bits per heavy atom. The van der Waals surface area contributed by atoms with E-state index in [-0.39, 0.29) is 12.6 Å². The van der Waals surface area contributed by atoms with Gasteiger partial charge in [0, 0.05) is 31.5 Å². The van der Waals surface area contributed by atoms with Gasteiger partial charge in [-0.1, -0.05) is 0 Å². The Kier molecular flexibility index (Phi) is 3.53. The topological polar surface area (TPSA) is 75.4 Å². The van der Waals surface area contributed by atoms with Crippen molar-refractivity contribution in [1.82, 2.24) is 14.5 Å². The first-order valence-electron chi connectivity index (χ1n) is 5.63. The number of imidazole rings is 1. The van der Waals surface area contributed by atoms with Crippen LogP contribution in [-0.4, -0.2) is 51.4 Å². The number of likely N-dealkylation sites (tertiary alicyclic amines) is 1. The molecule has 1 N–H and O–H groups in total. The van der Waals surface area contributed by atoms with Crippen molar-refractivity contribution < 1.29 is 14.7 Å². The highest BCUT2D eigenvalue weighted by Gasteiger charge is 2.22. The number of carbonyl (C=O) groups is 2. The van der Waals surface area contributed by atoms with Crippen molar-refractivity contribution in [3.63, 3.8) is 0 Å². The van der Waals surface area contributed by atoms with E-state index >= 15 is 0 Å². The summed E-state index contributed by atoms with van der Waals surface area (Å²) in [4.78, 5) is 27.2. The third kappa shape index (κ3) is 2.71. The first-order chi connectivity index (χ1) is 8.20. The van der Waals surface area contributed by atoms with Crippen LogP contribution in [0.1, 0.15) is 29.5 Å². The highest BCUT2D eigenvalue weighted by atomic mass is 16.4. The molecule has 1 fully saturated rings. The maximum Gasteiger partial charge on any atom is 0.317 e. The van der Waals surface area contributed by atoms with Crippen LogP contribution in [0.3, 0.4) is 0 Å². The minimum atomic E-state index is -0.792. The van der Waals surface area contributed by atoms with Gasteiger partial charge in [0.2, 0.25) is 0 Å². The van der Waals surface area contributed by atoms with Gasteiger partial charge in [0.15, 0.2) is 12.1 Å². The lowest BCUT2D eigenvalue weighted by molar-refractivity contribution is -0.138. The molecule has 1 aromatic heterocycles. The molecule has 0 aromatic carbocycles. The van der Waals surface area contributed by atoms with Crippen molar-refractivity contribution in [2.75, 3.05) is 19.6 Å². The molecule has 1 aliphatic rings. The van der Waals surface area contributed by atoms with Crippen molar-refractivity contribution in [3.8, 4) is 0 Å². The molecule has 1 aromatic rings. The summed E-state index contributed by atoms with van der Waals surface area (Å²) in [5.74, 6) is -0.346. The van der Waals surface area contributed by atoms with Crippen molar-refractivity contribution in [1.29, 1.82) is 0 Å². The lowest BCUT2D eigenvalue weighted by atomic mass is 10.0. The molecule has 0 unspecified atom stereocenters. The molecule has 6 nitrogen and oxygen atoms in total. The van der Waals surface area contributed by atoms with Crippen LogP contribution < -0.4 is 0 Å². The summed E-state index contributed by atoms with van der Waals surface area (Å²) < 4.78 is 1.88. The molecule has 1 aliphatic heterocycles. The normalized spacial score (nSPS) is 18.1. The van der Waals surface area contributed by atoms with Gasteiger partial charge in [-0.25, -0.2) is 4.98 Å². The Balaban J connectivity index is 1.95. The number of piperidine rings is 1. The summed E-state index contributed by atoms with van der Waals surface area (Å²) in [6.45, 7) is 1.58. The minimum absolute atomic E-state index is 0.0944. The summed E-state index contributed by atoms with van der Waals surface area (Å²) >= 11 is 0. The predicted octanol–water partition coefficient (Wildman–Crippen LogP) is 0.417. The van der Waals surface area contributed by atoms with E-state index in [0.29, 0.717) is 5.82 Å². The van der Waals surface area contributed by atoms with Crippen LogP contribution in [0.2, 0.25) is 0 Å². The van der Waals surface area contributed by atoms with Gasteiger partial charge in [-0.3, -0.25) is 14.5 Å². The van der Waals surface area contributed by atoms with Gasteiger partial charge >= 0.3 is 5.97 Å². The second kappa shape index (κ2) is 5.09. The zero-order valence-corrected chi connectivity index (χ0v) is 9.45. The van der Waals surface area contributed by atoms with E-state index in [1.807, 2.05) is 9.47 Å². The summed E-state index contributed by atoms with van der Waals surface area (Å²) in [6, 6.07) is 0.253. The Bertz CT molecular complexity index is 408. The van der Waals surface area contributed by atoms with Gasteiger partial charge < -0.3 is 9.67 Å². The summed E-state index contributed by atoms with van der Waals surface area (Å²) in [5.41, 5.74) is 0. The van der Waals surface area contributed by atoms with Gasteiger partial charge in [-0.15, -0.1) is 0 Å². The molecule has 0 amide bonds. The van der Waals surface area contributed by atoms with E-state index in [1.165, 1.54) is 0 Å². The van der Waals surface area contributed by atoms with Crippen LogP contribution in [0.25, 0.3) is 0 Å². The van der Waals surface area contributed by atoms with E-state index < -0.39 is 5.97 Å². The number of nitrogens with zero attached hydrogens (tertiary/aromatic N) is 3. The number of aromatic nitrogens is 2. The molecule has 2 rings (SSSR count). The fraction of sp³-hybridized carbons (Fsp3) is 0.545. The zero-order valence-electron chi connectivity index (χ0n) is 9.45. The molecule has 0 aliphatic carbocycles. The highest BCUT2D eigenvalue weighted by molar-refractivity contribution is 5.69. The molecule has 92 valence electrons. The lowest BCUT2D eigenvalue weighted by Crippen LogP contribution is -2.38. The number of hydrogen-bond acceptors (Lipinski definition) is 4. The zero-order chi connectivity index (χ0) is 12.3. The average molecular weight is 237 g/mol. The molecule has 0 atom stereocenters. The van der Waals surface area contributed by atoms with Crippen molar-refractivity contribution in [3.05, 3.63) is 18.2 Å². The second-order valence-electron chi connectivity index (χ2n) is 4.21. The Morgan fingerprint density at radius 2 is 2.24 bits per heavy atom. The number of rotatable bonds is 4. The first kappa shape index (κ1) is 11.8. The Labute approximate surface area is 98.9 Å². The van der Waals surface area contributed by atoms with Crippen LogP contribution in [0, 0.1) is 0 Å². The third-order valence-electron chi connectivity index (χ3n) is 3.11. The fourth-order valence-electron chi connectivity index (χ4n) is 2.27. The summed E-state index contributed by atoms with van der Waals surface area (Å²) in [7, 11) is 0. The van der Waals surface area contributed by atoms with Crippen molar-refractivity contribution >= 4 is 12.3 Å². The van der Waals surface area contributed by atoms with E-state index in [4.69, 9.17) is 5.11 Å². The Morgan fingerprint density at radius 3 is 2.82 bits per heavy atom. The van der Waals surface area contributed by atoms with E-state index in [1.54, 1.807) is 12.4 Å². The third-order valence-corrected chi connectivity index (χ3v) is 3.11. The molecule has 0 bridgehead atoms. The van der Waals surface area contributed by atoms with Crippen LogP contribution in [-0.2, 0) is 4.79 Å². The summed E-state index contributed by atoms with van der Waals surface area (Å²) in [5, 5.41) is 8.69. The fourth-order valence-corrected chi connectivity index (χ4v) is 2.27. The highest BCUT2D eigenvalue weighted by Crippen LogP contribution is 2.22. The predicted molar refractivity (Wildman–Crippen MR) is 60.0 cm³/mol. The standard InChI is InChI=1S/C11H15N3O3/c15-8-10-12-3-6-14(10)9-1-4-13(5-2-9)7-11(16)17/h3,6,8-9H,1-2,4-5,7H2,(H,16,17). The van der Waals surface area contributed by atoms with E-state index in [0.717, 1.165) is 32.2 Å². The minimum Gasteiger partial charge on any atom is -0.480 e. The lowest BCUT2D eigenvalue weighted by Gasteiger charge is -2.31. The Hall–Kier alpha value is -1.69. The molecule has 0 radical (unpaired) electrons. The molecule has 1 saturated heterocycles. The number of carbonyl (C=O) groups excluding carboxylic acids is 1. The largest absolute Gasteiger partial charge is 0.480 e. The number of aliphatic carboxylic acids is 1. The molecule has 0 spiro atoms. The average Bonchev–Trinajstić information content (AvgIpc) is 2.77. The summed E-state index contributed by atoms with van der Waals surface area (Å²) in [6.07, 6.45) is 5.88.